The molecule has 0 saturated carbocycles. The number of hydrogen-bond donors (Lipinski definition) is 0. The molecular weight excluding hydrogens is 661 g/mol. The first-order valence-electron chi connectivity index (χ1n) is 17.2. The van der Waals surface area contributed by atoms with Crippen LogP contribution in [0.15, 0.2) is 179 Å². The van der Waals surface area contributed by atoms with Gasteiger partial charge in [-0.15, -0.1) is 0 Å². The van der Waals surface area contributed by atoms with Gasteiger partial charge in [0.05, 0.1) is 28.3 Å². The highest BCUT2D eigenvalue weighted by atomic mass is 31.2. The number of imidazole rings is 1. The Bertz CT molecular complexity index is 3180. The third-order valence-corrected chi connectivity index (χ3v) is 13.3. The highest BCUT2D eigenvalue weighted by molar-refractivity contribution is 7.85. The standard InChI is InChI=1S/C45H28N3O3P/c49-52(31-11-3-1-4-12-31,32-13-5-2-6-14-32)33-21-23-40-36(27-33)34-15-7-9-17-39(34)48(40)44-28-47-41-26-30(19-22-38(41)46-45(47)51-44)29-20-24-43-37(25-29)35-16-8-10-18-42(35)50-43/h1-28H. The van der Waals surface area contributed by atoms with E-state index in [-0.39, 0.29) is 0 Å². The zero-order chi connectivity index (χ0) is 34.4. The first-order valence-corrected chi connectivity index (χ1v) is 18.9. The maximum Gasteiger partial charge on any atom is 0.308 e. The van der Waals surface area contributed by atoms with Gasteiger partial charge < -0.3 is 13.4 Å². The molecule has 0 aliphatic carbocycles. The normalized spacial score (nSPS) is 12.3. The van der Waals surface area contributed by atoms with Gasteiger partial charge in [-0.25, -0.2) is 0 Å². The number of nitrogens with zero attached hydrogens (tertiary/aromatic N) is 3. The smallest absolute Gasteiger partial charge is 0.308 e. The summed E-state index contributed by atoms with van der Waals surface area (Å²) in [4.78, 5) is 4.87. The van der Waals surface area contributed by atoms with Gasteiger partial charge in [0.25, 0.3) is 0 Å². The van der Waals surface area contributed by atoms with E-state index in [2.05, 4.69) is 59.2 Å². The van der Waals surface area contributed by atoms with Crippen molar-refractivity contribution in [3.05, 3.63) is 170 Å². The van der Waals surface area contributed by atoms with Crippen LogP contribution in [-0.2, 0) is 4.57 Å². The lowest BCUT2D eigenvalue weighted by Gasteiger charge is -2.20. The van der Waals surface area contributed by atoms with Crippen LogP contribution in [0.25, 0.3) is 77.6 Å². The number of para-hydroxylation sites is 2. The predicted molar refractivity (Wildman–Crippen MR) is 211 cm³/mol. The summed E-state index contributed by atoms with van der Waals surface area (Å²) < 4.78 is 32.0. The molecular formula is C45H28N3O3P. The van der Waals surface area contributed by atoms with Crippen LogP contribution in [-0.4, -0.2) is 14.0 Å². The van der Waals surface area contributed by atoms with Crippen molar-refractivity contribution in [3.63, 3.8) is 0 Å². The Kier molecular flexibility index (Phi) is 6.13. The number of rotatable bonds is 5. The molecule has 0 radical (unpaired) electrons. The lowest BCUT2D eigenvalue weighted by atomic mass is 10.0. The molecule has 246 valence electrons. The number of aromatic nitrogens is 3. The fourth-order valence-electron chi connectivity index (χ4n) is 7.80. The van der Waals surface area contributed by atoms with Gasteiger partial charge in [-0.3, -0.25) is 8.97 Å². The summed E-state index contributed by atoms with van der Waals surface area (Å²) in [5.41, 5.74) is 7.69. The molecule has 11 aromatic rings. The van der Waals surface area contributed by atoms with Crippen LogP contribution in [0, 0.1) is 0 Å². The molecule has 0 saturated heterocycles. The first kappa shape index (κ1) is 29.1. The minimum atomic E-state index is -3.17. The number of fused-ring (bicyclic) bond motifs is 9. The summed E-state index contributed by atoms with van der Waals surface area (Å²) >= 11 is 0. The lowest BCUT2D eigenvalue weighted by Crippen LogP contribution is -2.24. The fourth-order valence-corrected chi connectivity index (χ4v) is 10.5. The van der Waals surface area contributed by atoms with E-state index in [4.69, 9.17) is 13.8 Å². The van der Waals surface area contributed by atoms with Crippen molar-refractivity contribution in [1.29, 1.82) is 0 Å². The van der Waals surface area contributed by atoms with Crippen molar-refractivity contribution in [1.82, 2.24) is 14.0 Å². The molecule has 7 aromatic carbocycles. The van der Waals surface area contributed by atoms with Gasteiger partial charge in [0.1, 0.15) is 11.2 Å². The van der Waals surface area contributed by atoms with Crippen molar-refractivity contribution >= 4 is 83.7 Å². The Balaban J connectivity index is 1.07. The molecule has 0 atom stereocenters. The number of furan rings is 1. The summed E-state index contributed by atoms with van der Waals surface area (Å²) in [5.74, 6) is 1.16. The Morgan fingerprint density at radius 2 is 1.13 bits per heavy atom. The Morgan fingerprint density at radius 1 is 0.481 bits per heavy atom. The molecule has 0 unspecified atom stereocenters. The molecule has 7 heteroatoms. The van der Waals surface area contributed by atoms with Gasteiger partial charge in [-0.05, 0) is 65.7 Å². The summed E-state index contributed by atoms with van der Waals surface area (Å²) in [6, 6.07) is 54.9. The maximum atomic E-state index is 15.3. The van der Waals surface area contributed by atoms with Crippen molar-refractivity contribution < 1.29 is 13.4 Å². The van der Waals surface area contributed by atoms with Gasteiger partial charge in [0, 0.05) is 37.5 Å². The quantitative estimate of drug-likeness (QED) is 0.169. The molecule has 6 nitrogen and oxygen atoms in total. The Hall–Kier alpha value is -6.62. The largest absolute Gasteiger partial charge is 0.456 e. The van der Waals surface area contributed by atoms with Crippen LogP contribution in [0.2, 0.25) is 0 Å². The highest BCUT2D eigenvalue weighted by Crippen LogP contribution is 2.44. The molecule has 11 rings (SSSR count). The molecule has 52 heavy (non-hydrogen) atoms. The second kappa shape index (κ2) is 10.9. The summed E-state index contributed by atoms with van der Waals surface area (Å²) in [6.45, 7) is 0. The third-order valence-electron chi connectivity index (χ3n) is 10.3. The molecule has 0 aliphatic heterocycles. The number of benzene rings is 7. The van der Waals surface area contributed by atoms with E-state index < -0.39 is 7.14 Å². The van der Waals surface area contributed by atoms with E-state index in [0.29, 0.717) is 11.7 Å². The third kappa shape index (κ3) is 4.19. The monoisotopic (exact) mass is 689 g/mol. The summed E-state index contributed by atoms with van der Waals surface area (Å²) in [6.07, 6.45) is 2.01. The van der Waals surface area contributed by atoms with Gasteiger partial charge in [0.15, 0.2) is 7.14 Å². The number of oxazole rings is 1. The van der Waals surface area contributed by atoms with Crippen LogP contribution in [0.1, 0.15) is 0 Å². The van der Waals surface area contributed by atoms with Gasteiger partial charge in [-0.1, -0.05) is 109 Å². The van der Waals surface area contributed by atoms with Crippen LogP contribution in [0.5, 0.6) is 0 Å². The van der Waals surface area contributed by atoms with E-state index in [1.165, 1.54) is 0 Å². The lowest BCUT2D eigenvalue weighted by molar-refractivity contribution is 0.574. The SMILES string of the molecule is O=P(c1ccccc1)(c1ccccc1)c1ccc2c(c1)c1ccccc1n2-c1cn2c(nc3ccc(-c4ccc5oc6ccccc6c5c4)cc32)o1. The van der Waals surface area contributed by atoms with Gasteiger partial charge in [-0.2, -0.15) is 4.98 Å². The Labute approximate surface area is 297 Å². The molecule has 0 amide bonds. The molecule has 0 spiro atoms. The van der Waals surface area contributed by atoms with Crippen LogP contribution >= 0.6 is 7.14 Å². The molecule has 4 heterocycles. The Morgan fingerprint density at radius 3 is 1.94 bits per heavy atom. The van der Waals surface area contributed by atoms with Crippen molar-refractivity contribution in [2.24, 2.45) is 0 Å². The zero-order valence-electron chi connectivity index (χ0n) is 27.7. The van der Waals surface area contributed by atoms with Crippen LogP contribution in [0.3, 0.4) is 0 Å². The molecule has 0 aliphatic rings. The molecule has 0 bridgehead atoms. The van der Waals surface area contributed by atoms with Gasteiger partial charge >= 0.3 is 5.84 Å². The van der Waals surface area contributed by atoms with E-state index in [1.54, 1.807) is 0 Å². The fraction of sp³-hybridized carbons (Fsp3) is 0. The van der Waals surface area contributed by atoms with Crippen molar-refractivity contribution in [2.75, 3.05) is 0 Å². The second-order valence-corrected chi connectivity index (χ2v) is 15.9. The van der Waals surface area contributed by atoms with Crippen LogP contribution in [0.4, 0.5) is 0 Å². The average Bonchev–Trinajstić information content (AvgIpc) is 3.96. The summed E-state index contributed by atoms with van der Waals surface area (Å²) in [5, 5.41) is 6.65. The predicted octanol–water partition coefficient (Wildman–Crippen LogP) is 10.4. The first-order chi connectivity index (χ1) is 25.6. The molecule has 0 N–H and O–H groups in total. The maximum absolute atomic E-state index is 15.3. The van der Waals surface area contributed by atoms with E-state index in [0.717, 1.165) is 81.8 Å². The highest BCUT2D eigenvalue weighted by Gasteiger charge is 2.30. The van der Waals surface area contributed by atoms with E-state index >= 15 is 4.57 Å². The average molecular weight is 690 g/mol. The summed E-state index contributed by atoms with van der Waals surface area (Å²) in [7, 11) is -3.17. The van der Waals surface area contributed by atoms with Gasteiger partial charge in [0.2, 0.25) is 5.88 Å². The minimum Gasteiger partial charge on any atom is -0.456 e. The minimum absolute atomic E-state index is 0.513. The number of hydrogen-bond acceptors (Lipinski definition) is 4. The zero-order valence-corrected chi connectivity index (χ0v) is 28.6. The topological polar surface area (TPSA) is 65.6 Å². The molecule has 4 aromatic heterocycles. The van der Waals surface area contributed by atoms with Crippen molar-refractivity contribution in [2.45, 2.75) is 0 Å². The van der Waals surface area contributed by atoms with Crippen LogP contribution < -0.4 is 15.9 Å². The van der Waals surface area contributed by atoms with Crippen molar-refractivity contribution in [3.8, 4) is 17.0 Å². The second-order valence-electron chi connectivity index (χ2n) is 13.2. The molecule has 0 fully saturated rings. The van der Waals surface area contributed by atoms with E-state index in [9.17, 15) is 0 Å². The van der Waals surface area contributed by atoms with E-state index in [1.807, 2.05) is 120 Å².